The molecule has 0 fully saturated rings. The van der Waals surface area contributed by atoms with Crippen molar-refractivity contribution < 1.29 is 0 Å². The first-order chi connectivity index (χ1) is 8.85. The summed E-state index contributed by atoms with van der Waals surface area (Å²) in [5.41, 5.74) is 7.64. The molecular weight excluding hydrogens is 234 g/mol. The summed E-state index contributed by atoms with van der Waals surface area (Å²) in [7, 11) is 2.12. The summed E-state index contributed by atoms with van der Waals surface area (Å²) in [6.07, 6.45) is 1.96. The third kappa shape index (κ3) is 4.92. The highest BCUT2D eigenvalue weighted by molar-refractivity contribution is 5.41. The molecule has 1 aromatic rings. The van der Waals surface area contributed by atoms with Gasteiger partial charge in [-0.1, -0.05) is 12.1 Å². The lowest BCUT2D eigenvalue weighted by Crippen LogP contribution is -2.24. The van der Waals surface area contributed by atoms with Crippen LogP contribution in [0.25, 0.3) is 0 Å². The molecule has 0 radical (unpaired) electrons. The molecule has 0 aliphatic carbocycles. The zero-order valence-corrected chi connectivity index (χ0v) is 12.5. The van der Waals surface area contributed by atoms with E-state index in [4.69, 9.17) is 11.0 Å². The van der Waals surface area contributed by atoms with E-state index in [0.29, 0.717) is 6.04 Å². The Bertz CT molecular complexity index is 446. The van der Waals surface area contributed by atoms with E-state index in [9.17, 15) is 0 Å². The minimum absolute atomic E-state index is 0.221. The van der Waals surface area contributed by atoms with Crippen LogP contribution in [-0.2, 0) is 0 Å². The molecule has 104 valence electrons. The van der Waals surface area contributed by atoms with E-state index in [2.05, 4.69) is 31.0 Å². The quantitative estimate of drug-likeness (QED) is 0.794. The fraction of sp³-hybridized carbons (Fsp3) is 0.562. The van der Waals surface area contributed by atoms with Crippen LogP contribution < -0.4 is 5.73 Å². The molecule has 0 spiro atoms. The summed E-state index contributed by atoms with van der Waals surface area (Å²) in [6, 6.07) is 10.7. The molecule has 1 unspecified atom stereocenters. The van der Waals surface area contributed by atoms with Crippen LogP contribution in [0.15, 0.2) is 24.3 Å². The molecule has 3 heteroatoms. The third-order valence-corrected chi connectivity index (χ3v) is 3.67. The normalized spacial score (nSPS) is 13.3. The standard InChI is InChI=1S/C16H25N3/c1-13(14-7-5-8-15(18)11-14)19(4)10-6-9-16(2,3)12-17/h5,7-8,11,13H,6,9-10,18H2,1-4H3. The Balaban J connectivity index is 2.50. The second-order valence-electron chi connectivity index (χ2n) is 5.93. The number of benzene rings is 1. The van der Waals surface area contributed by atoms with Gasteiger partial charge in [0.25, 0.3) is 0 Å². The van der Waals surface area contributed by atoms with Crippen LogP contribution in [-0.4, -0.2) is 18.5 Å². The average Bonchev–Trinajstić information content (AvgIpc) is 2.37. The minimum Gasteiger partial charge on any atom is -0.399 e. The Labute approximate surface area is 117 Å². The van der Waals surface area contributed by atoms with E-state index in [1.165, 1.54) is 5.56 Å². The van der Waals surface area contributed by atoms with E-state index >= 15 is 0 Å². The van der Waals surface area contributed by atoms with Gasteiger partial charge in [0.15, 0.2) is 0 Å². The number of nitrogens with zero attached hydrogens (tertiary/aromatic N) is 2. The highest BCUT2D eigenvalue weighted by atomic mass is 15.1. The lowest BCUT2D eigenvalue weighted by Gasteiger charge is -2.26. The molecule has 0 aliphatic heterocycles. The van der Waals surface area contributed by atoms with E-state index in [1.54, 1.807) is 0 Å². The average molecular weight is 259 g/mol. The van der Waals surface area contributed by atoms with Gasteiger partial charge in [0, 0.05) is 11.7 Å². The topological polar surface area (TPSA) is 53.0 Å². The van der Waals surface area contributed by atoms with Gasteiger partial charge in [-0.25, -0.2) is 0 Å². The van der Waals surface area contributed by atoms with Crippen molar-refractivity contribution in [1.29, 1.82) is 5.26 Å². The highest BCUT2D eigenvalue weighted by Crippen LogP contribution is 2.24. The third-order valence-electron chi connectivity index (χ3n) is 3.67. The zero-order chi connectivity index (χ0) is 14.5. The molecule has 0 amide bonds. The second-order valence-corrected chi connectivity index (χ2v) is 5.93. The van der Waals surface area contributed by atoms with E-state index in [-0.39, 0.29) is 5.41 Å². The molecule has 2 N–H and O–H groups in total. The molecule has 0 heterocycles. The fourth-order valence-electron chi connectivity index (χ4n) is 2.09. The van der Waals surface area contributed by atoms with Crippen molar-refractivity contribution in [3.8, 4) is 6.07 Å². The molecule has 0 saturated carbocycles. The van der Waals surface area contributed by atoms with Gasteiger partial charge in [0.2, 0.25) is 0 Å². The fourth-order valence-corrected chi connectivity index (χ4v) is 2.09. The Morgan fingerprint density at radius 3 is 2.68 bits per heavy atom. The van der Waals surface area contributed by atoms with Gasteiger partial charge in [-0.3, -0.25) is 4.90 Å². The van der Waals surface area contributed by atoms with Crippen molar-refractivity contribution in [2.75, 3.05) is 19.3 Å². The van der Waals surface area contributed by atoms with Crippen molar-refractivity contribution in [2.24, 2.45) is 5.41 Å². The van der Waals surface area contributed by atoms with E-state index in [0.717, 1.165) is 25.1 Å². The first-order valence-electron chi connectivity index (χ1n) is 6.82. The minimum atomic E-state index is -0.221. The van der Waals surface area contributed by atoms with Crippen molar-refractivity contribution in [3.05, 3.63) is 29.8 Å². The summed E-state index contributed by atoms with van der Waals surface area (Å²) < 4.78 is 0. The number of hydrogen-bond donors (Lipinski definition) is 1. The molecule has 0 aromatic heterocycles. The number of hydrogen-bond acceptors (Lipinski definition) is 3. The van der Waals surface area contributed by atoms with Crippen LogP contribution in [0.2, 0.25) is 0 Å². The van der Waals surface area contributed by atoms with Gasteiger partial charge in [-0.05, 0) is 64.9 Å². The van der Waals surface area contributed by atoms with Crippen LogP contribution in [0.3, 0.4) is 0 Å². The Kier molecular flexibility index (Phi) is 5.38. The first kappa shape index (κ1) is 15.5. The molecule has 0 saturated heterocycles. The van der Waals surface area contributed by atoms with Gasteiger partial charge in [-0.2, -0.15) is 5.26 Å². The number of anilines is 1. The first-order valence-corrected chi connectivity index (χ1v) is 6.82. The van der Waals surface area contributed by atoms with Gasteiger partial charge in [-0.15, -0.1) is 0 Å². The Morgan fingerprint density at radius 1 is 1.42 bits per heavy atom. The summed E-state index contributed by atoms with van der Waals surface area (Å²) in [5.74, 6) is 0. The van der Waals surface area contributed by atoms with E-state index < -0.39 is 0 Å². The summed E-state index contributed by atoms with van der Waals surface area (Å²) in [4.78, 5) is 2.31. The summed E-state index contributed by atoms with van der Waals surface area (Å²) in [6.45, 7) is 7.16. The summed E-state index contributed by atoms with van der Waals surface area (Å²) in [5, 5.41) is 9.00. The maximum atomic E-state index is 9.00. The number of rotatable bonds is 6. The molecule has 0 bridgehead atoms. The van der Waals surface area contributed by atoms with Gasteiger partial charge in [0.1, 0.15) is 0 Å². The van der Waals surface area contributed by atoms with Gasteiger partial charge in [0.05, 0.1) is 11.5 Å². The molecule has 1 atom stereocenters. The molecule has 0 aliphatic rings. The predicted octanol–water partition coefficient (Wildman–Crippen LogP) is 3.59. The summed E-state index contributed by atoms with van der Waals surface area (Å²) >= 11 is 0. The largest absolute Gasteiger partial charge is 0.399 e. The number of nitrogens with two attached hydrogens (primary N) is 1. The Hall–Kier alpha value is -1.53. The molecule has 1 rings (SSSR count). The lowest BCUT2D eigenvalue weighted by atomic mass is 9.89. The zero-order valence-electron chi connectivity index (χ0n) is 12.5. The smallest absolute Gasteiger partial charge is 0.0683 e. The van der Waals surface area contributed by atoms with Crippen LogP contribution in [0.5, 0.6) is 0 Å². The maximum absolute atomic E-state index is 9.00. The predicted molar refractivity (Wildman–Crippen MR) is 80.5 cm³/mol. The van der Waals surface area contributed by atoms with Crippen LogP contribution in [0.1, 0.15) is 45.2 Å². The molecule has 3 nitrogen and oxygen atoms in total. The van der Waals surface area contributed by atoms with Crippen LogP contribution >= 0.6 is 0 Å². The van der Waals surface area contributed by atoms with Gasteiger partial charge < -0.3 is 5.73 Å². The monoisotopic (exact) mass is 259 g/mol. The van der Waals surface area contributed by atoms with Crippen LogP contribution in [0.4, 0.5) is 5.69 Å². The molecule has 1 aromatic carbocycles. The molecule has 19 heavy (non-hydrogen) atoms. The van der Waals surface area contributed by atoms with Crippen molar-refractivity contribution in [1.82, 2.24) is 4.90 Å². The van der Waals surface area contributed by atoms with Crippen LogP contribution in [0, 0.1) is 16.7 Å². The van der Waals surface area contributed by atoms with Crippen molar-refractivity contribution in [3.63, 3.8) is 0 Å². The number of nitriles is 1. The second kappa shape index (κ2) is 6.58. The molecular formula is C16H25N3. The van der Waals surface area contributed by atoms with E-state index in [1.807, 2.05) is 32.0 Å². The van der Waals surface area contributed by atoms with Crippen molar-refractivity contribution in [2.45, 2.75) is 39.7 Å². The van der Waals surface area contributed by atoms with Crippen molar-refractivity contribution >= 4 is 5.69 Å². The highest BCUT2D eigenvalue weighted by Gasteiger charge is 2.17. The number of nitrogen functional groups attached to an aromatic ring is 1. The lowest BCUT2D eigenvalue weighted by molar-refractivity contribution is 0.245. The SMILES string of the molecule is CC(c1cccc(N)c1)N(C)CCCC(C)(C)C#N. The maximum Gasteiger partial charge on any atom is 0.0683 e. The van der Waals surface area contributed by atoms with Gasteiger partial charge >= 0.3 is 0 Å². The Morgan fingerprint density at radius 2 is 2.11 bits per heavy atom.